The Labute approximate surface area is 201 Å². The normalized spacial score (nSPS) is 10.5. The van der Waals surface area contributed by atoms with Gasteiger partial charge in [-0.2, -0.15) is 0 Å². The van der Waals surface area contributed by atoms with Gasteiger partial charge in [-0.25, -0.2) is 0 Å². The Morgan fingerprint density at radius 2 is 1.74 bits per heavy atom. The number of aryl methyl sites for hydroxylation is 2. The summed E-state index contributed by atoms with van der Waals surface area (Å²) in [5.41, 5.74) is 4.19. The maximum Gasteiger partial charge on any atom is 0.286 e. The fraction of sp³-hybridized carbons (Fsp3) is 0.160. The Kier molecular flexibility index (Phi) is 7.24. The predicted octanol–water partition coefficient (Wildman–Crippen LogP) is 4.31. The molecule has 2 N–H and O–H groups in total. The predicted molar refractivity (Wildman–Crippen MR) is 130 cm³/mol. The van der Waals surface area contributed by atoms with Crippen LogP contribution in [-0.2, 0) is 13.2 Å². The van der Waals surface area contributed by atoms with Crippen molar-refractivity contribution in [2.45, 2.75) is 27.0 Å². The van der Waals surface area contributed by atoms with Crippen LogP contribution in [-0.4, -0.2) is 27.0 Å². The van der Waals surface area contributed by atoms with Crippen molar-refractivity contribution in [3.8, 4) is 5.75 Å². The Morgan fingerprint density at radius 3 is 2.44 bits per heavy atom. The molecule has 9 heteroatoms. The first-order valence-electron chi connectivity index (χ1n) is 10.6. The van der Waals surface area contributed by atoms with Gasteiger partial charge < -0.3 is 15.4 Å². The summed E-state index contributed by atoms with van der Waals surface area (Å²) in [7, 11) is 0. The molecule has 2 heterocycles. The summed E-state index contributed by atoms with van der Waals surface area (Å²) in [6.45, 7) is 4.64. The molecule has 0 bridgehead atoms. The van der Waals surface area contributed by atoms with Crippen LogP contribution in [0.1, 0.15) is 41.9 Å². The van der Waals surface area contributed by atoms with E-state index in [9.17, 15) is 9.59 Å². The summed E-state index contributed by atoms with van der Waals surface area (Å²) in [4.78, 5) is 28.9. The third-order valence-electron chi connectivity index (χ3n) is 4.80. The number of amides is 2. The number of ether oxygens (including phenoxy) is 1. The van der Waals surface area contributed by atoms with Gasteiger partial charge in [0.15, 0.2) is 5.01 Å². The molecule has 0 unspecified atom stereocenters. The topological polar surface area (TPSA) is 106 Å². The van der Waals surface area contributed by atoms with Gasteiger partial charge in [0.1, 0.15) is 12.4 Å². The third kappa shape index (κ3) is 6.23. The zero-order chi connectivity index (χ0) is 23.9. The van der Waals surface area contributed by atoms with Crippen LogP contribution in [0.15, 0.2) is 67.0 Å². The molecule has 0 aliphatic carbocycles. The lowest BCUT2D eigenvalue weighted by Crippen LogP contribution is -2.22. The van der Waals surface area contributed by atoms with Gasteiger partial charge in [-0.1, -0.05) is 23.5 Å². The molecule has 34 heavy (non-hydrogen) atoms. The smallest absolute Gasteiger partial charge is 0.286 e. The van der Waals surface area contributed by atoms with Crippen molar-refractivity contribution in [3.05, 3.63) is 99.3 Å². The molecule has 0 aliphatic rings. The molecule has 0 aliphatic heterocycles. The van der Waals surface area contributed by atoms with E-state index in [1.165, 1.54) is 11.3 Å². The number of pyridine rings is 1. The summed E-state index contributed by atoms with van der Waals surface area (Å²) in [6.07, 6.45) is 3.38. The monoisotopic (exact) mass is 473 g/mol. The van der Waals surface area contributed by atoms with Gasteiger partial charge in [0.25, 0.3) is 11.8 Å². The number of aromatic nitrogens is 3. The molecule has 0 spiro atoms. The summed E-state index contributed by atoms with van der Waals surface area (Å²) in [5.74, 6) is 0.173. The maximum atomic E-state index is 12.5. The van der Waals surface area contributed by atoms with E-state index >= 15 is 0 Å². The number of nitrogens with one attached hydrogen (secondary N) is 2. The number of hydrogen-bond donors (Lipinski definition) is 2. The largest absolute Gasteiger partial charge is 0.486 e. The molecule has 0 saturated carbocycles. The quantitative estimate of drug-likeness (QED) is 0.395. The van der Waals surface area contributed by atoms with Gasteiger partial charge in [-0.3, -0.25) is 14.6 Å². The number of rotatable bonds is 8. The number of nitrogens with zero attached hydrogens (tertiary/aromatic N) is 3. The molecule has 8 nitrogen and oxygen atoms in total. The highest BCUT2D eigenvalue weighted by Crippen LogP contribution is 2.19. The summed E-state index contributed by atoms with van der Waals surface area (Å²) in [5, 5.41) is 14.5. The van der Waals surface area contributed by atoms with Crippen molar-refractivity contribution in [2.75, 3.05) is 5.32 Å². The van der Waals surface area contributed by atoms with Crippen molar-refractivity contribution in [2.24, 2.45) is 0 Å². The van der Waals surface area contributed by atoms with Crippen molar-refractivity contribution in [1.29, 1.82) is 0 Å². The van der Waals surface area contributed by atoms with Crippen LogP contribution in [0.25, 0.3) is 0 Å². The highest BCUT2D eigenvalue weighted by atomic mass is 32.1. The highest BCUT2D eigenvalue weighted by Gasteiger charge is 2.14. The maximum absolute atomic E-state index is 12.5. The van der Waals surface area contributed by atoms with Crippen LogP contribution in [0, 0.1) is 13.8 Å². The van der Waals surface area contributed by atoms with Crippen molar-refractivity contribution in [3.63, 3.8) is 0 Å². The molecule has 0 radical (unpaired) electrons. The van der Waals surface area contributed by atoms with Gasteiger partial charge in [0.05, 0.1) is 0 Å². The molecular weight excluding hydrogens is 450 g/mol. The van der Waals surface area contributed by atoms with Gasteiger partial charge in [-0.05, 0) is 73.0 Å². The molecule has 0 atom stereocenters. The lowest BCUT2D eigenvalue weighted by molar-refractivity contribution is 0.0950. The van der Waals surface area contributed by atoms with Crippen LogP contribution < -0.4 is 15.4 Å². The molecule has 172 valence electrons. The average Bonchev–Trinajstić information content (AvgIpc) is 3.31. The van der Waals surface area contributed by atoms with Gasteiger partial charge in [0.2, 0.25) is 5.01 Å². The highest BCUT2D eigenvalue weighted by molar-refractivity contribution is 7.13. The Hall–Kier alpha value is -4.11. The zero-order valence-electron chi connectivity index (χ0n) is 18.7. The third-order valence-corrected chi connectivity index (χ3v) is 5.69. The number of carbonyl (C=O) groups excluding carboxylic acids is 2. The standard InChI is InChI=1S/C25H23N5O3S/c1-16-10-17(2)12-21(11-16)33-15-22-29-30-25(34-22)24(32)28-20-7-5-19(6-8-20)23(31)27-14-18-4-3-9-26-13-18/h3-13H,14-15H2,1-2H3,(H,27,31)(H,28,32). The molecule has 4 aromatic rings. The fourth-order valence-electron chi connectivity index (χ4n) is 3.24. The second kappa shape index (κ2) is 10.7. The average molecular weight is 474 g/mol. The van der Waals surface area contributed by atoms with Crippen molar-refractivity contribution in [1.82, 2.24) is 20.5 Å². The first-order chi connectivity index (χ1) is 16.5. The van der Waals surface area contributed by atoms with E-state index in [-0.39, 0.29) is 23.4 Å². The lowest BCUT2D eigenvalue weighted by atomic mass is 10.1. The van der Waals surface area contributed by atoms with E-state index in [4.69, 9.17) is 4.74 Å². The second-order valence-corrected chi connectivity index (χ2v) is 8.75. The molecule has 0 saturated heterocycles. The Balaban J connectivity index is 1.29. The van der Waals surface area contributed by atoms with E-state index in [0.717, 1.165) is 22.4 Å². The summed E-state index contributed by atoms with van der Waals surface area (Å²) < 4.78 is 5.78. The van der Waals surface area contributed by atoms with Crippen LogP contribution in [0.2, 0.25) is 0 Å². The Morgan fingerprint density at radius 1 is 0.971 bits per heavy atom. The van der Waals surface area contributed by atoms with Crippen LogP contribution in [0.3, 0.4) is 0 Å². The number of anilines is 1. The van der Waals surface area contributed by atoms with E-state index in [1.807, 2.05) is 38.1 Å². The number of benzene rings is 2. The first kappa shape index (κ1) is 23.1. The van der Waals surface area contributed by atoms with E-state index in [2.05, 4.69) is 31.9 Å². The van der Waals surface area contributed by atoms with Crippen molar-refractivity contribution >= 4 is 28.8 Å². The molecule has 0 fully saturated rings. The van der Waals surface area contributed by atoms with Crippen molar-refractivity contribution < 1.29 is 14.3 Å². The van der Waals surface area contributed by atoms with Crippen LogP contribution >= 0.6 is 11.3 Å². The lowest BCUT2D eigenvalue weighted by Gasteiger charge is -2.07. The molecule has 2 amide bonds. The zero-order valence-corrected chi connectivity index (χ0v) is 19.6. The van der Waals surface area contributed by atoms with E-state index in [1.54, 1.807) is 36.7 Å². The molecular formula is C25H23N5O3S. The summed E-state index contributed by atoms with van der Waals surface area (Å²) >= 11 is 1.17. The van der Waals surface area contributed by atoms with E-state index in [0.29, 0.717) is 22.8 Å². The first-order valence-corrected chi connectivity index (χ1v) is 11.4. The number of carbonyl (C=O) groups is 2. The van der Waals surface area contributed by atoms with Gasteiger partial charge in [-0.15, -0.1) is 10.2 Å². The molecule has 2 aromatic carbocycles. The minimum atomic E-state index is -0.371. The Bertz CT molecular complexity index is 1270. The minimum Gasteiger partial charge on any atom is -0.486 e. The van der Waals surface area contributed by atoms with Gasteiger partial charge in [0, 0.05) is 30.2 Å². The minimum absolute atomic E-state index is 0.209. The fourth-order valence-corrected chi connectivity index (χ4v) is 3.89. The SMILES string of the molecule is Cc1cc(C)cc(OCc2nnc(C(=O)Nc3ccc(C(=O)NCc4cccnc4)cc3)s2)c1. The van der Waals surface area contributed by atoms with Crippen LogP contribution in [0.4, 0.5) is 5.69 Å². The van der Waals surface area contributed by atoms with Gasteiger partial charge >= 0.3 is 0 Å². The second-order valence-electron chi connectivity index (χ2n) is 7.69. The van der Waals surface area contributed by atoms with Crippen LogP contribution in [0.5, 0.6) is 5.75 Å². The molecule has 2 aromatic heterocycles. The molecule has 4 rings (SSSR count). The van der Waals surface area contributed by atoms with E-state index < -0.39 is 0 Å². The number of hydrogen-bond acceptors (Lipinski definition) is 7. The summed E-state index contributed by atoms with van der Waals surface area (Å²) in [6, 6.07) is 16.3.